The van der Waals surface area contributed by atoms with Crippen LogP contribution in [0.2, 0.25) is 0 Å². The monoisotopic (exact) mass is 295 g/mol. The van der Waals surface area contributed by atoms with Crippen LogP contribution in [0.3, 0.4) is 0 Å². The first kappa shape index (κ1) is 16.8. The van der Waals surface area contributed by atoms with Crippen molar-refractivity contribution in [2.45, 2.75) is 70.3 Å². The summed E-state index contributed by atoms with van der Waals surface area (Å²) >= 11 is 0. The van der Waals surface area contributed by atoms with Crippen molar-refractivity contribution in [1.29, 1.82) is 0 Å². The minimum absolute atomic E-state index is 0.0948. The fraction of sp³-hybridized carbons (Fsp3) is 0.941. The van der Waals surface area contributed by atoms with Gasteiger partial charge in [0.2, 0.25) is 5.91 Å². The summed E-state index contributed by atoms with van der Waals surface area (Å²) in [4.78, 5) is 17.2. The lowest BCUT2D eigenvalue weighted by atomic mass is 9.94. The Morgan fingerprint density at radius 1 is 1.10 bits per heavy atom. The number of carbonyl (C=O) groups excluding carboxylic acids is 1. The molecule has 1 saturated heterocycles. The predicted octanol–water partition coefficient (Wildman–Crippen LogP) is 2.37. The van der Waals surface area contributed by atoms with Crippen LogP contribution in [0.1, 0.15) is 64.7 Å². The molecule has 2 fully saturated rings. The van der Waals surface area contributed by atoms with Crippen molar-refractivity contribution in [1.82, 2.24) is 9.80 Å². The summed E-state index contributed by atoms with van der Waals surface area (Å²) in [5.41, 5.74) is 6.21. The Bertz CT molecular complexity index is 318. The topological polar surface area (TPSA) is 49.6 Å². The Morgan fingerprint density at radius 3 is 2.24 bits per heavy atom. The summed E-state index contributed by atoms with van der Waals surface area (Å²) in [7, 11) is 0. The van der Waals surface area contributed by atoms with E-state index in [2.05, 4.69) is 16.7 Å². The first-order chi connectivity index (χ1) is 10.2. The van der Waals surface area contributed by atoms with E-state index >= 15 is 0 Å². The third-order valence-corrected chi connectivity index (χ3v) is 5.36. The van der Waals surface area contributed by atoms with Crippen LogP contribution in [0.15, 0.2) is 0 Å². The van der Waals surface area contributed by atoms with Crippen LogP contribution in [0.5, 0.6) is 0 Å². The van der Waals surface area contributed by atoms with Crippen LogP contribution < -0.4 is 5.73 Å². The van der Waals surface area contributed by atoms with Gasteiger partial charge in [-0.25, -0.2) is 0 Å². The van der Waals surface area contributed by atoms with E-state index in [4.69, 9.17) is 5.73 Å². The summed E-state index contributed by atoms with van der Waals surface area (Å²) in [6.45, 7) is 6.37. The lowest BCUT2D eigenvalue weighted by molar-refractivity contribution is -0.134. The molecule has 2 N–H and O–H groups in total. The molecule has 0 spiro atoms. The van der Waals surface area contributed by atoms with Gasteiger partial charge in [0.15, 0.2) is 0 Å². The summed E-state index contributed by atoms with van der Waals surface area (Å²) < 4.78 is 0. The average Bonchev–Trinajstić information content (AvgIpc) is 2.82. The predicted molar refractivity (Wildman–Crippen MR) is 87.2 cm³/mol. The lowest BCUT2D eigenvalue weighted by Crippen LogP contribution is -2.55. The minimum atomic E-state index is 0.0948. The second kappa shape index (κ2) is 8.14. The molecule has 0 atom stereocenters. The molecular formula is C17H33N3O. The van der Waals surface area contributed by atoms with Gasteiger partial charge >= 0.3 is 0 Å². The van der Waals surface area contributed by atoms with Crippen LogP contribution in [0, 0.1) is 0 Å². The highest BCUT2D eigenvalue weighted by Gasteiger charge is 2.39. The standard InChI is InChI=1S/C17H33N3O/c1-2-11-20(17(15-18)9-5-6-10-17)14-16(21)19-12-7-3-4-8-13-19/h2-15,18H2,1H3. The van der Waals surface area contributed by atoms with Gasteiger partial charge in [0.25, 0.3) is 0 Å². The Hall–Kier alpha value is -0.610. The molecule has 4 heteroatoms. The molecule has 1 aliphatic heterocycles. The third kappa shape index (κ3) is 4.19. The zero-order valence-corrected chi connectivity index (χ0v) is 13.8. The number of nitrogens with two attached hydrogens (primary N) is 1. The molecule has 0 aromatic rings. The maximum absolute atomic E-state index is 12.7. The maximum atomic E-state index is 12.7. The van der Waals surface area contributed by atoms with Gasteiger partial charge in [-0.1, -0.05) is 32.6 Å². The maximum Gasteiger partial charge on any atom is 0.236 e. The number of likely N-dealkylation sites (tertiary alicyclic amines) is 1. The normalized spacial score (nSPS) is 22.5. The molecule has 1 saturated carbocycles. The molecule has 1 aliphatic carbocycles. The summed E-state index contributed by atoms with van der Waals surface area (Å²) in [6.07, 6.45) is 10.8. The van der Waals surface area contributed by atoms with Crippen molar-refractivity contribution in [2.24, 2.45) is 5.73 Å². The van der Waals surface area contributed by atoms with E-state index in [-0.39, 0.29) is 5.54 Å². The molecule has 0 aromatic carbocycles. The zero-order valence-electron chi connectivity index (χ0n) is 13.8. The Labute approximate surface area is 130 Å². The smallest absolute Gasteiger partial charge is 0.236 e. The first-order valence-corrected chi connectivity index (χ1v) is 8.95. The van der Waals surface area contributed by atoms with Gasteiger partial charge in [-0.15, -0.1) is 0 Å². The van der Waals surface area contributed by atoms with Crippen molar-refractivity contribution in [3.05, 3.63) is 0 Å². The molecule has 2 aliphatic rings. The van der Waals surface area contributed by atoms with Crippen LogP contribution >= 0.6 is 0 Å². The number of rotatable bonds is 6. The average molecular weight is 295 g/mol. The largest absolute Gasteiger partial charge is 0.342 e. The molecule has 0 bridgehead atoms. The molecule has 0 radical (unpaired) electrons. The van der Waals surface area contributed by atoms with E-state index in [0.29, 0.717) is 19.0 Å². The third-order valence-electron chi connectivity index (χ3n) is 5.36. The van der Waals surface area contributed by atoms with E-state index in [1.54, 1.807) is 0 Å². The SMILES string of the molecule is CCCN(CC(=O)N1CCCCCC1)C1(CN)CCCC1. The van der Waals surface area contributed by atoms with E-state index < -0.39 is 0 Å². The van der Waals surface area contributed by atoms with Crippen LogP contribution in [0.4, 0.5) is 0 Å². The molecule has 0 aromatic heterocycles. The lowest BCUT2D eigenvalue weighted by Gasteiger charge is -2.41. The minimum Gasteiger partial charge on any atom is -0.342 e. The Balaban J connectivity index is 1.99. The Morgan fingerprint density at radius 2 is 1.71 bits per heavy atom. The van der Waals surface area contributed by atoms with Crippen molar-refractivity contribution in [3.8, 4) is 0 Å². The van der Waals surface area contributed by atoms with Crippen LogP contribution in [-0.4, -0.2) is 54.0 Å². The molecule has 1 amide bonds. The van der Waals surface area contributed by atoms with Gasteiger partial charge in [-0.2, -0.15) is 0 Å². The van der Waals surface area contributed by atoms with Gasteiger partial charge in [-0.05, 0) is 38.6 Å². The van der Waals surface area contributed by atoms with E-state index in [0.717, 1.165) is 38.9 Å². The summed E-state index contributed by atoms with van der Waals surface area (Å²) in [6, 6.07) is 0. The quantitative estimate of drug-likeness (QED) is 0.818. The summed E-state index contributed by atoms with van der Waals surface area (Å²) in [5, 5.41) is 0. The molecule has 0 unspecified atom stereocenters. The van der Waals surface area contributed by atoms with Crippen molar-refractivity contribution < 1.29 is 4.79 Å². The number of hydrogen-bond acceptors (Lipinski definition) is 3. The number of carbonyl (C=O) groups is 1. The van der Waals surface area contributed by atoms with Gasteiger partial charge in [0.1, 0.15) is 0 Å². The molecule has 4 nitrogen and oxygen atoms in total. The number of amides is 1. The van der Waals surface area contributed by atoms with E-state index in [1.807, 2.05) is 0 Å². The highest BCUT2D eigenvalue weighted by Crippen LogP contribution is 2.34. The highest BCUT2D eigenvalue weighted by molar-refractivity contribution is 5.78. The van der Waals surface area contributed by atoms with Gasteiger partial charge in [-0.3, -0.25) is 9.69 Å². The Kier molecular flexibility index (Phi) is 6.49. The van der Waals surface area contributed by atoms with Crippen molar-refractivity contribution >= 4 is 5.91 Å². The van der Waals surface area contributed by atoms with E-state index in [9.17, 15) is 4.79 Å². The fourth-order valence-electron chi connectivity index (χ4n) is 4.02. The number of nitrogens with zero attached hydrogens (tertiary/aromatic N) is 2. The first-order valence-electron chi connectivity index (χ1n) is 8.95. The fourth-order valence-corrected chi connectivity index (χ4v) is 4.02. The highest BCUT2D eigenvalue weighted by atomic mass is 16.2. The summed E-state index contributed by atoms with van der Waals surface area (Å²) in [5.74, 6) is 0.324. The second-order valence-corrected chi connectivity index (χ2v) is 6.85. The molecule has 122 valence electrons. The van der Waals surface area contributed by atoms with Crippen molar-refractivity contribution in [2.75, 3.05) is 32.7 Å². The number of hydrogen-bond donors (Lipinski definition) is 1. The van der Waals surface area contributed by atoms with Crippen molar-refractivity contribution in [3.63, 3.8) is 0 Å². The second-order valence-electron chi connectivity index (χ2n) is 6.85. The molecular weight excluding hydrogens is 262 g/mol. The van der Waals surface area contributed by atoms with Gasteiger partial charge < -0.3 is 10.6 Å². The molecule has 2 rings (SSSR count). The van der Waals surface area contributed by atoms with Crippen LogP contribution in [-0.2, 0) is 4.79 Å². The van der Waals surface area contributed by atoms with Crippen LogP contribution in [0.25, 0.3) is 0 Å². The van der Waals surface area contributed by atoms with E-state index in [1.165, 1.54) is 38.5 Å². The zero-order chi connectivity index (χ0) is 15.1. The molecule has 1 heterocycles. The van der Waals surface area contributed by atoms with Gasteiger partial charge in [0.05, 0.1) is 6.54 Å². The molecule has 21 heavy (non-hydrogen) atoms. The van der Waals surface area contributed by atoms with Gasteiger partial charge in [0, 0.05) is 25.2 Å².